The number of hydrogen-bond acceptors (Lipinski definition) is 5. The molecule has 1 heterocycles. The van der Waals surface area contributed by atoms with Crippen LogP contribution < -0.4 is 13.8 Å². The molecule has 1 amide bonds. The Bertz CT molecular complexity index is 1260. The van der Waals surface area contributed by atoms with Gasteiger partial charge in [0, 0.05) is 24.2 Å². The molecule has 1 aliphatic heterocycles. The first-order chi connectivity index (χ1) is 15.8. The largest absolute Gasteiger partial charge is 0.496 e. The van der Waals surface area contributed by atoms with E-state index in [2.05, 4.69) is 0 Å². The van der Waals surface area contributed by atoms with Gasteiger partial charge in [0.05, 0.1) is 24.2 Å². The zero-order chi connectivity index (χ0) is 23.6. The number of carbonyl (C=O) groups is 1. The Morgan fingerprint density at radius 3 is 2.48 bits per heavy atom. The van der Waals surface area contributed by atoms with Crippen LogP contribution in [0.4, 0.5) is 5.69 Å². The van der Waals surface area contributed by atoms with Gasteiger partial charge in [0.15, 0.2) is 6.10 Å². The number of anilines is 1. The number of carbonyl (C=O) groups excluding carboxylic acids is 1. The summed E-state index contributed by atoms with van der Waals surface area (Å²) in [6.45, 7) is 0.130. The van der Waals surface area contributed by atoms with Gasteiger partial charge in [0.25, 0.3) is 15.9 Å². The molecule has 7 nitrogen and oxygen atoms in total. The van der Waals surface area contributed by atoms with Gasteiger partial charge in [0.1, 0.15) is 11.5 Å². The molecule has 0 N–H and O–H groups in total. The summed E-state index contributed by atoms with van der Waals surface area (Å²) in [6.07, 6.45) is -1.01. The minimum absolute atomic E-state index is 0.0807. The van der Waals surface area contributed by atoms with Crippen LogP contribution in [0.25, 0.3) is 0 Å². The molecule has 1 aliphatic rings. The summed E-state index contributed by atoms with van der Waals surface area (Å²) >= 11 is 5.93. The number of likely N-dealkylation sites (N-methyl/N-ethyl adjacent to an activating group) is 1. The fraction of sp³-hybridized carbons (Fsp3) is 0.208. The quantitative estimate of drug-likeness (QED) is 0.527. The molecule has 3 aromatic rings. The molecule has 9 heteroatoms. The van der Waals surface area contributed by atoms with E-state index in [0.29, 0.717) is 22.2 Å². The summed E-state index contributed by atoms with van der Waals surface area (Å²) in [6, 6.07) is 20.1. The molecule has 0 saturated heterocycles. The number of amides is 1. The van der Waals surface area contributed by atoms with Crippen LogP contribution in [0.3, 0.4) is 0 Å². The lowest BCUT2D eigenvalue weighted by Gasteiger charge is -2.36. The molecule has 0 saturated carbocycles. The second-order valence-electron chi connectivity index (χ2n) is 7.57. The van der Waals surface area contributed by atoms with Crippen molar-refractivity contribution in [3.05, 3.63) is 83.4 Å². The Kier molecular flexibility index (Phi) is 6.49. The molecule has 0 radical (unpaired) electrons. The fourth-order valence-electron chi connectivity index (χ4n) is 3.71. The molecule has 0 bridgehead atoms. The van der Waals surface area contributed by atoms with Crippen LogP contribution in [0.5, 0.6) is 11.5 Å². The predicted molar refractivity (Wildman–Crippen MR) is 126 cm³/mol. The van der Waals surface area contributed by atoms with Crippen LogP contribution in [0.1, 0.15) is 5.56 Å². The smallest absolute Gasteiger partial charge is 0.265 e. The van der Waals surface area contributed by atoms with Crippen molar-refractivity contribution in [2.24, 2.45) is 0 Å². The van der Waals surface area contributed by atoms with E-state index in [1.807, 2.05) is 24.3 Å². The lowest BCUT2D eigenvalue weighted by Crippen LogP contribution is -2.50. The van der Waals surface area contributed by atoms with Crippen molar-refractivity contribution >= 4 is 33.2 Å². The van der Waals surface area contributed by atoms with Crippen molar-refractivity contribution < 1.29 is 22.7 Å². The highest BCUT2D eigenvalue weighted by atomic mass is 35.5. The van der Waals surface area contributed by atoms with E-state index in [9.17, 15) is 13.2 Å². The van der Waals surface area contributed by atoms with Crippen molar-refractivity contribution in [3.8, 4) is 11.5 Å². The van der Waals surface area contributed by atoms with E-state index in [1.165, 1.54) is 33.5 Å². The summed E-state index contributed by atoms with van der Waals surface area (Å²) in [5.74, 6) is 0.649. The number of ether oxygens (including phenoxy) is 2. The summed E-state index contributed by atoms with van der Waals surface area (Å²) in [5, 5.41) is 0.433. The molecule has 33 heavy (non-hydrogen) atoms. The van der Waals surface area contributed by atoms with E-state index in [0.717, 1.165) is 5.56 Å². The second kappa shape index (κ2) is 9.33. The van der Waals surface area contributed by atoms with Crippen molar-refractivity contribution in [3.63, 3.8) is 0 Å². The molecular weight excluding hydrogens is 464 g/mol. The number of rotatable bonds is 6. The summed E-state index contributed by atoms with van der Waals surface area (Å²) in [7, 11) is -0.730. The normalized spacial score (nSPS) is 15.4. The minimum atomic E-state index is -3.95. The Labute approximate surface area is 198 Å². The van der Waals surface area contributed by atoms with Gasteiger partial charge in [-0.15, -0.1) is 0 Å². The average molecular weight is 487 g/mol. The minimum Gasteiger partial charge on any atom is -0.496 e. The van der Waals surface area contributed by atoms with Gasteiger partial charge in [-0.1, -0.05) is 41.9 Å². The van der Waals surface area contributed by atoms with Gasteiger partial charge in [-0.3, -0.25) is 9.10 Å². The van der Waals surface area contributed by atoms with E-state index in [-0.39, 0.29) is 23.9 Å². The monoisotopic (exact) mass is 486 g/mol. The first kappa shape index (κ1) is 22.9. The topological polar surface area (TPSA) is 76.2 Å². The predicted octanol–water partition coefficient (Wildman–Crippen LogP) is 3.96. The molecular formula is C24H23ClN2O5S. The summed E-state index contributed by atoms with van der Waals surface area (Å²) < 4.78 is 39.4. The second-order valence-corrected chi connectivity index (χ2v) is 9.87. The third-order valence-electron chi connectivity index (χ3n) is 5.39. The van der Waals surface area contributed by atoms with Gasteiger partial charge < -0.3 is 14.4 Å². The molecule has 0 aromatic heterocycles. The van der Waals surface area contributed by atoms with Crippen molar-refractivity contribution in [1.82, 2.24) is 4.90 Å². The average Bonchev–Trinajstić information content (AvgIpc) is 2.83. The zero-order valence-electron chi connectivity index (χ0n) is 18.1. The third-order valence-corrected chi connectivity index (χ3v) is 7.43. The third kappa shape index (κ3) is 4.62. The number of nitrogens with zero attached hydrogens (tertiary/aromatic N) is 2. The number of benzene rings is 3. The number of sulfonamides is 1. The molecule has 0 fully saturated rings. The highest BCUT2D eigenvalue weighted by molar-refractivity contribution is 7.92. The maximum absolute atomic E-state index is 13.5. The first-order valence-electron chi connectivity index (χ1n) is 10.2. The van der Waals surface area contributed by atoms with Gasteiger partial charge in [-0.2, -0.15) is 0 Å². The van der Waals surface area contributed by atoms with Gasteiger partial charge in [-0.25, -0.2) is 8.42 Å². The lowest BCUT2D eigenvalue weighted by molar-refractivity contribution is -0.137. The Morgan fingerprint density at radius 1 is 1.09 bits per heavy atom. The fourth-order valence-corrected chi connectivity index (χ4v) is 5.31. The maximum atomic E-state index is 13.5. The molecule has 3 aromatic carbocycles. The van der Waals surface area contributed by atoms with Gasteiger partial charge in [-0.05, 0) is 42.5 Å². The van der Waals surface area contributed by atoms with Crippen molar-refractivity contribution in [2.75, 3.05) is 25.0 Å². The van der Waals surface area contributed by atoms with Crippen LogP contribution in [-0.4, -0.2) is 46.0 Å². The zero-order valence-corrected chi connectivity index (χ0v) is 19.7. The molecule has 0 spiro atoms. The van der Waals surface area contributed by atoms with Crippen LogP contribution in [0.2, 0.25) is 5.02 Å². The Hall–Kier alpha value is -3.23. The molecule has 172 valence electrons. The van der Waals surface area contributed by atoms with E-state index < -0.39 is 16.1 Å². The van der Waals surface area contributed by atoms with E-state index in [4.69, 9.17) is 21.1 Å². The SMILES string of the molecule is COc1ccccc1CN(C)C(=O)C1CN(S(=O)(=O)c2ccc(Cl)cc2)c2ccccc2O1. The molecule has 1 atom stereocenters. The number of hydrogen-bond donors (Lipinski definition) is 0. The first-order valence-corrected chi connectivity index (χ1v) is 12.0. The number of para-hydroxylation sites is 3. The number of methoxy groups -OCH3 is 1. The highest BCUT2D eigenvalue weighted by Gasteiger charge is 2.38. The van der Waals surface area contributed by atoms with E-state index in [1.54, 1.807) is 38.4 Å². The van der Waals surface area contributed by atoms with Crippen LogP contribution in [-0.2, 0) is 21.4 Å². The Balaban J connectivity index is 1.63. The van der Waals surface area contributed by atoms with Crippen LogP contribution >= 0.6 is 11.6 Å². The van der Waals surface area contributed by atoms with Crippen LogP contribution in [0.15, 0.2) is 77.7 Å². The van der Waals surface area contributed by atoms with Gasteiger partial charge >= 0.3 is 0 Å². The summed E-state index contributed by atoms with van der Waals surface area (Å²) in [4.78, 5) is 14.9. The van der Waals surface area contributed by atoms with E-state index >= 15 is 0 Å². The molecule has 4 rings (SSSR count). The maximum Gasteiger partial charge on any atom is 0.265 e. The van der Waals surface area contributed by atoms with Crippen LogP contribution in [0, 0.1) is 0 Å². The number of halogens is 1. The number of fused-ring (bicyclic) bond motifs is 1. The summed E-state index contributed by atoms with van der Waals surface area (Å²) in [5.41, 5.74) is 1.21. The highest BCUT2D eigenvalue weighted by Crippen LogP contribution is 2.37. The molecule has 0 aliphatic carbocycles. The lowest BCUT2D eigenvalue weighted by atomic mass is 10.1. The standard InChI is InChI=1S/C24H23ClN2O5S/c1-26(15-17-7-3-5-9-21(17)31-2)24(28)23-16-27(20-8-4-6-10-22(20)32-23)33(29,30)19-13-11-18(25)12-14-19/h3-14,23H,15-16H2,1-2H3. The van der Waals surface area contributed by atoms with Crippen molar-refractivity contribution in [1.29, 1.82) is 0 Å². The Morgan fingerprint density at radius 2 is 1.76 bits per heavy atom. The van der Waals surface area contributed by atoms with Gasteiger partial charge in [0.2, 0.25) is 0 Å². The molecule has 1 unspecified atom stereocenters. The van der Waals surface area contributed by atoms with Crippen molar-refractivity contribution in [2.45, 2.75) is 17.5 Å².